The maximum absolute atomic E-state index is 5.47. The molecule has 0 aliphatic heterocycles. The topological polar surface area (TPSA) is 56.7 Å². The number of hydrogen-bond acceptors (Lipinski definition) is 3. The highest BCUT2D eigenvalue weighted by Gasteiger charge is 2.04. The Morgan fingerprint density at radius 2 is 2.00 bits per heavy atom. The van der Waals surface area contributed by atoms with Gasteiger partial charge < -0.3 is 5.73 Å². The zero-order valence-corrected chi connectivity index (χ0v) is 8.50. The van der Waals surface area contributed by atoms with Crippen molar-refractivity contribution in [2.24, 2.45) is 5.73 Å². The van der Waals surface area contributed by atoms with Crippen molar-refractivity contribution < 1.29 is 0 Å². The molecule has 4 nitrogen and oxygen atoms in total. The van der Waals surface area contributed by atoms with Crippen molar-refractivity contribution >= 4 is 0 Å². The number of hydrogen-bond donors (Lipinski definition) is 1. The largest absolute Gasteiger partial charge is 0.330 e. The number of nitrogens with zero attached hydrogens (tertiary/aromatic N) is 3. The van der Waals surface area contributed by atoms with E-state index in [9.17, 15) is 0 Å². The van der Waals surface area contributed by atoms with Gasteiger partial charge >= 0.3 is 0 Å². The molecule has 15 heavy (non-hydrogen) atoms. The van der Waals surface area contributed by atoms with Crippen molar-refractivity contribution in [2.45, 2.75) is 13.0 Å². The molecule has 0 saturated carbocycles. The first kappa shape index (κ1) is 9.86. The minimum absolute atomic E-state index is 0.675. The molecular formula is C11H14N4. The van der Waals surface area contributed by atoms with E-state index in [0.717, 1.165) is 24.2 Å². The summed E-state index contributed by atoms with van der Waals surface area (Å²) < 4.78 is 1.89. The Morgan fingerprint density at radius 1 is 1.20 bits per heavy atom. The van der Waals surface area contributed by atoms with E-state index in [1.165, 1.54) is 0 Å². The van der Waals surface area contributed by atoms with E-state index in [4.69, 9.17) is 5.73 Å². The van der Waals surface area contributed by atoms with Gasteiger partial charge in [0.15, 0.2) is 0 Å². The van der Waals surface area contributed by atoms with Gasteiger partial charge in [-0.25, -0.2) is 4.68 Å². The molecule has 0 aliphatic rings. The second kappa shape index (κ2) is 4.70. The SMILES string of the molecule is NCCCn1nncc1-c1ccccc1. The monoisotopic (exact) mass is 202 g/mol. The van der Waals surface area contributed by atoms with Crippen LogP contribution in [0.15, 0.2) is 36.5 Å². The first-order valence-corrected chi connectivity index (χ1v) is 5.06. The smallest absolute Gasteiger partial charge is 0.0885 e. The molecule has 2 N–H and O–H groups in total. The van der Waals surface area contributed by atoms with Crippen LogP contribution in [-0.4, -0.2) is 21.5 Å². The zero-order valence-electron chi connectivity index (χ0n) is 8.50. The summed E-state index contributed by atoms with van der Waals surface area (Å²) in [7, 11) is 0. The second-order valence-corrected chi connectivity index (χ2v) is 3.35. The van der Waals surface area contributed by atoms with Crippen molar-refractivity contribution in [1.29, 1.82) is 0 Å². The van der Waals surface area contributed by atoms with E-state index in [1.54, 1.807) is 6.20 Å². The number of aryl methyl sites for hydroxylation is 1. The summed E-state index contributed by atoms with van der Waals surface area (Å²) in [5, 5.41) is 7.96. The van der Waals surface area contributed by atoms with Gasteiger partial charge in [0, 0.05) is 12.1 Å². The molecule has 0 saturated heterocycles. The van der Waals surface area contributed by atoms with Crippen molar-refractivity contribution in [3.63, 3.8) is 0 Å². The molecule has 0 spiro atoms. The maximum atomic E-state index is 5.47. The quantitative estimate of drug-likeness (QED) is 0.812. The molecule has 1 aromatic heterocycles. The van der Waals surface area contributed by atoms with Crippen LogP contribution >= 0.6 is 0 Å². The van der Waals surface area contributed by atoms with Crippen LogP contribution in [0, 0.1) is 0 Å². The molecule has 1 heterocycles. The molecule has 0 atom stereocenters. The highest BCUT2D eigenvalue weighted by molar-refractivity contribution is 5.57. The summed E-state index contributed by atoms with van der Waals surface area (Å²) in [6.45, 7) is 1.49. The van der Waals surface area contributed by atoms with Crippen molar-refractivity contribution in [1.82, 2.24) is 15.0 Å². The van der Waals surface area contributed by atoms with Crippen LogP contribution in [0.1, 0.15) is 6.42 Å². The van der Waals surface area contributed by atoms with E-state index >= 15 is 0 Å². The molecule has 0 unspecified atom stereocenters. The average Bonchev–Trinajstić information content (AvgIpc) is 2.75. The van der Waals surface area contributed by atoms with Crippen LogP contribution in [-0.2, 0) is 6.54 Å². The molecule has 0 radical (unpaired) electrons. The van der Waals surface area contributed by atoms with E-state index in [-0.39, 0.29) is 0 Å². The minimum atomic E-state index is 0.675. The van der Waals surface area contributed by atoms with Gasteiger partial charge in [-0.3, -0.25) is 0 Å². The zero-order chi connectivity index (χ0) is 10.5. The average molecular weight is 202 g/mol. The molecule has 0 fully saturated rings. The predicted octanol–water partition coefficient (Wildman–Crippen LogP) is 1.29. The van der Waals surface area contributed by atoms with Gasteiger partial charge in [0.2, 0.25) is 0 Å². The summed E-state index contributed by atoms with van der Waals surface area (Å²) in [6, 6.07) is 10.1. The van der Waals surface area contributed by atoms with Crippen LogP contribution in [0.25, 0.3) is 11.3 Å². The van der Waals surface area contributed by atoms with E-state index < -0.39 is 0 Å². The lowest BCUT2D eigenvalue weighted by Gasteiger charge is -2.04. The third-order valence-electron chi connectivity index (χ3n) is 2.26. The Hall–Kier alpha value is -1.68. The highest BCUT2D eigenvalue weighted by Crippen LogP contribution is 2.16. The second-order valence-electron chi connectivity index (χ2n) is 3.35. The van der Waals surface area contributed by atoms with Crippen molar-refractivity contribution in [3.05, 3.63) is 36.5 Å². The Kier molecular flexibility index (Phi) is 3.09. The Labute approximate surface area is 88.7 Å². The van der Waals surface area contributed by atoms with Crippen LogP contribution in [0.3, 0.4) is 0 Å². The normalized spacial score (nSPS) is 10.5. The Bertz CT molecular complexity index is 408. The fourth-order valence-corrected chi connectivity index (χ4v) is 1.50. The number of aromatic nitrogens is 3. The molecular weight excluding hydrogens is 188 g/mol. The molecule has 4 heteroatoms. The number of benzene rings is 1. The molecule has 2 rings (SSSR count). The summed E-state index contributed by atoms with van der Waals surface area (Å²) in [5.41, 5.74) is 7.66. The lowest BCUT2D eigenvalue weighted by Crippen LogP contribution is -2.08. The first-order valence-electron chi connectivity index (χ1n) is 5.06. The van der Waals surface area contributed by atoms with Gasteiger partial charge in [-0.1, -0.05) is 35.5 Å². The van der Waals surface area contributed by atoms with Gasteiger partial charge in [-0.2, -0.15) is 0 Å². The Balaban J connectivity index is 2.25. The Morgan fingerprint density at radius 3 is 2.73 bits per heavy atom. The van der Waals surface area contributed by atoms with E-state index in [2.05, 4.69) is 22.4 Å². The molecule has 78 valence electrons. The molecule has 0 aliphatic carbocycles. The molecule has 1 aromatic carbocycles. The van der Waals surface area contributed by atoms with Crippen LogP contribution < -0.4 is 5.73 Å². The third-order valence-corrected chi connectivity index (χ3v) is 2.26. The lowest BCUT2D eigenvalue weighted by atomic mass is 10.2. The summed E-state index contributed by atoms with van der Waals surface area (Å²) >= 11 is 0. The van der Waals surface area contributed by atoms with Crippen LogP contribution in [0.4, 0.5) is 0 Å². The van der Waals surface area contributed by atoms with E-state index in [0.29, 0.717) is 6.54 Å². The van der Waals surface area contributed by atoms with Crippen molar-refractivity contribution in [2.75, 3.05) is 6.54 Å². The number of nitrogens with two attached hydrogens (primary N) is 1. The molecule has 2 aromatic rings. The maximum Gasteiger partial charge on any atom is 0.0885 e. The van der Waals surface area contributed by atoms with Gasteiger partial charge in [0.05, 0.1) is 11.9 Å². The van der Waals surface area contributed by atoms with Crippen LogP contribution in [0.5, 0.6) is 0 Å². The van der Waals surface area contributed by atoms with Gasteiger partial charge in [0.25, 0.3) is 0 Å². The van der Waals surface area contributed by atoms with Gasteiger partial charge in [0.1, 0.15) is 0 Å². The predicted molar refractivity (Wildman–Crippen MR) is 59.1 cm³/mol. The fourth-order valence-electron chi connectivity index (χ4n) is 1.50. The first-order chi connectivity index (χ1) is 7.42. The minimum Gasteiger partial charge on any atom is -0.330 e. The van der Waals surface area contributed by atoms with Gasteiger partial charge in [-0.05, 0) is 13.0 Å². The van der Waals surface area contributed by atoms with Crippen LogP contribution in [0.2, 0.25) is 0 Å². The summed E-state index contributed by atoms with van der Waals surface area (Å²) in [4.78, 5) is 0. The molecule has 0 amide bonds. The van der Waals surface area contributed by atoms with Crippen molar-refractivity contribution in [3.8, 4) is 11.3 Å². The molecule has 0 bridgehead atoms. The number of rotatable bonds is 4. The van der Waals surface area contributed by atoms with E-state index in [1.807, 2.05) is 22.9 Å². The standard InChI is InChI=1S/C11H14N4/c12-7-4-8-15-11(9-13-14-15)10-5-2-1-3-6-10/h1-3,5-6,9H,4,7-8,12H2. The highest BCUT2D eigenvalue weighted by atomic mass is 15.4. The fraction of sp³-hybridized carbons (Fsp3) is 0.273. The summed E-state index contributed by atoms with van der Waals surface area (Å²) in [6.07, 6.45) is 2.70. The summed E-state index contributed by atoms with van der Waals surface area (Å²) in [5.74, 6) is 0. The third kappa shape index (κ3) is 2.22. The van der Waals surface area contributed by atoms with Gasteiger partial charge in [-0.15, -0.1) is 5.10 Å². The lowest BCUT2D eigenvalue weighted by molar-refractivity contribution is 0.569.